The van der Waals surface area contributed by atoms with Crippen LogP contribution in [0, 0.1) is 0 Å². The van der Waals surface area contributed by atoms with Gasteiger partial charge in [0.2, 0.25) is 17.7 Å². The van der Waals surface area contributed by atoms with Crippen molar-refractivity contribution in [1.82, 2.24) is 20.4 Å². The molecule has 0 spiro atoms. The van der Waals surface area contributed by atoms with Gasteiger partial charge in [-0.2, -0.15) is 0 Å². The molecule has 2 N–H and O–H groups in total. The second-order valence-electron chi connectivity index (χ2n) is 9.32. The first-order chi connectivity index (χ1) is 18.9. The highest BCUT2D eigenvalue weighted by Crippen LogP contribution is 2.30. The van der Waals surface area contributed by atoms with Gasteiger partial charge in [0, 0.05) is 20.1 Å². The van der Waals surface area contributed by atoms with E-state index in [2.05, 4.69) is 10.6 Å². The minimum absolute atomic E-state index is 0.143. The SMILES string of the molecule is CCN1CCOc2ccccc2C(=O)N[C@H](C(=O)NCCc2ccc3c(c2)OCCO3)CC(=O)N(C)CC1=O. The number of carbonyl (C=O) groups is 4. The van der Waals surface area contributed by atoms with Gasteiger partial charge < -0.3 is 34.6 Å². The van der Waals surface area contributed by atoms with Gasteiger partial charge >= 0.3 is 0 Å². The highest BCUT2D eigenvalue weighted by atomic mass is 16.6. The number of para-hydroxylation sites is 1. The first-order valence-corrected chi connectivity index (χ1v) is 13.1. The molecule has 0 saturated heterocycles. The number of hydrogen-bond donors (Lipinski definition) is 2. The summed E-state index contributed by atoms with van der Waals surface area (Å²) in [6.07, 6.45) is 0.204. The number of carbonyl (C=O) groups excluding carboxylic acids is 4. The number of rotatable bonds is 5. The minimum atomic E-state index is -1.15. The Morgan fingerprint density at radius 3 is 2.51 bits per heavy atom. The summed E-state index contributed by atoms with van der Waals surface area (Å²) in [6, 6.07) is 11.1. The van der Waals surface area contributed by atoms with E-state index in [1.54, 1.807) is 29.2 Å². The molecule has 0 saturated carbocycles. The zero-order chi connectivity index (χ0) is 27.8. The van der Waals surface area contributed by atoms with Crippen LogP contribution < -0.4 is 24.8 Å². The summed E-state index contributed by atoms with van der Waals surface area (Å²) in [4.78, 5) is 55.0. The molecular formula is C28H34N4O7. The first kappa shape index (κ1) is 27.7. The van der Waals surface area contributed by atoms with Crippen LogP contribution in [0.2, 0.25) is 0 Å². The summed E-state index contributed by atoms with van der Waals surface area (Å²) < 4.78 is 17.0. The topological polar surface area (TPSA) is 127 Å². The molecule has 2 heterocycles. The van der Waals surface area contributed by atoms with Gasteiger partial charge in [0.1, 0.15) is 31.6 Å². The van der Waals surface area contributed by atoms with E-state index in [0.717, 1.165) is 5.56 Å². The molecular weight excluding hydrogens is 504 g/mol. The van der Waals surface area contributed by atoms with Gasteiger partial charge in [-0.05, 0) is 43.2 Å². The number of amides is 4. The van der Waals surface area contributed by atoms with E-state index in [1.807, 2.05) is 25.1 Å². The quantitative estimate of drug-likeness (QED) is 0.582. The molecule has 2 aliphatic heterocycles. The predicted molar refractivity (Wildman–Crippen MR) is 142 cm³/mol. The maximum Gasteiger partial charge on any atom is 0.255 e. The lowest BCUT2D eigenvalue weighted by Gasteiger charge is -2.27. The Hall–Kier alpha value is -4.28. The Balaban J connectivity index is 1.48. The summed E-state index contributed by atoms with van der Waals surface area (Å²) in [5.41, 5.74) is 1.18. The Kier molecular flexibility index (Phi) is 9.24. The number of likely N-dealkylation sites (N-methyl/N-ethyl adjacent to an activating group) is 2. The number of ether oxygens (including phenoxy) is 3. The largest absolute Gasteiger partial charge is 0.491 e. The fourth-order valence-electron chi connectivity index (χ4n) is 4.37. The molecule has 0 radical (unpaired) electrons. The average molecular weight is 539 g/mol. The van der Waals surface area contributed by atoms with E-state index in [0.29, 0.717) is 50.0 Å². The molecule has 0 bridgehead atoms. The lowest BCUT2D eigenvalue weighted by Crippen LogP contribution is -2.50. The summed E-state index contributed by atoms with van der Waals surface area (Å²) in [6.45, 7) is 3.88. The predicted octanol–water partition coefficient (Wildman–Crippen LogP) is 1.00. The van der Waals surface area contributed by atoms with E-state index in [9.17, 15) is 19.2 Å². The second kappa shape index (κ2) is 13.0. The van der Waals surface area contributed by atoms with Crippen molar-refractivity contribution in [3.63, 3.8) is 0 Å². The van der Waals surface area contributed by atoms with Gasteiger partial charge in [0.25, 0.3) is 5.91 Å². The van der Waals surface area contributed by atoms with Crippen molar-refractivity contribution in [2.45, 2.75) is 25.8 Å². The van der Waals surface area contributed by atoms with Gasteiger partial charge in [0.05, 0.1) is 25.1 Å². The Morgan fingerprint density at radius 1 is 0.974 bits per heavy atom. The first-order valence-electron chi connectivity index (χ1n) is 13.1. The summed E-state index contributed by atoms with van der Waals surface area (Å²) in [5, 5.41) is 5.51. The van der Waals surface area contributed by atoms with Crippen molar-refractivity contribution in [3.8, 4) is 17.2 Å². The van der Waals surface area contributed by atoms with Gasteiger partial charge in [-0.25, -0.2) is 0 Å². The van der Waals surface area contributed by atoms with Crippen LogP contribution >= 0.6 is 0 Å². The number of benzene rings is 2. The third-order valence-electron chi connectivity index (χ3n) is 6.60. The molecule has 4 amide bonds. The molecule has 39 heavy (non-hydrogen) atoms. The minimum Gasteiger partial charge on any atom is -0.491 e. The molecule has 0 aliphatic carbocycles. The maximum absolute atomic E-state index is 13.2. The van der Waals surface area contributed by atoms with E-state index >= 15 is 0 Å². The molecule has 0 fully saturated rings. The lowest BCUT2D eigenvalue weighted by atomic mass is 10.1. The Morgan fingerprint density at radius 2 is 1.72 bits per heavy atom. The molecule has 2 aromatic rings. The number of nitrogens with zero attached hydrogens (tertiary/aromatic N) is 2. The maximum atomic E-state index is 13.2. The van der Waals surface area contributed by atoms with Crippen molar-refractivity contribution >= 4 is 23.6 Å². The van der Waals surface area contributed by atoms with Crippen LogP contribution in [-0.4, -0.2) is 92.5 Å². The van der Waals surface area contributed by atoms with Gasteiger partial charge in [0.15, 0.2) is 11.5 Å². The summed E-state index contributed by atoms with van der Waals surface area (Å²) in [5.74, 6) is -0.0297. The van der Waals surface area contributed by atoms with Crippen LogP contribution in [0.4, 0.5) is 0 Å². The van der Waals surface area contributed by atoms with Gasteiger partial charge in [-0.3, -0.25) is 19.2 Å². The van der Waals surface area contributed by atoms with E-state index in [1.165, 1.54) is 11.9 Å². The van der Waals surface area contributed by atoms with E-state index < -0.39 is 23.8 Å². The fraction of sp³-hybridized carbons (Fsp3) is 0.429. The van der Waals surface area contributed by atoms with Crippen molar-refractivity contribution in [1.29, 1.82) is 0 Å². The van der Waals surface area contributed by atoms with Crippen LogP contribution in [0.1, 0.15) is 29.3 Å². The van der Waals surface area contributed by atoms with Gasteiger partial charge in [-0.1, -0.05) is 18.2 Å². The van der Waals surface area contributed by atoms with Crippen molar-refractivity contribution in [3.05, 3.63) is 53.6 Å². The molecule has 11 heteroatoms. The fourth-order valence-corrected chi connectivity index (χ4v) is 4.37. The summed E-state index contributed by atoms with van der Waals surface area (Å²) >= 11 is 0. The van der Waals surface area contributed by atoms with Crippen LogP contribution in [0.15, 0.2) is 42.5 Å². The zero-order valence-corrected chi connectivity index (χ0v) is 22.2. The average Bonchev–Trinajstić information content (AvgIpc) is 2.94. The van der Waals surface area contributed by atoms with Crippen molar-refractivity contribution in [2.75, 3.05) is 53.0 Å². The van der Waals surface area contributed by atoms with Crippen LogP contribution in [-0.2, 0) is 20.8 Å². The normalized spacial score (nSPS) is 18.4. The molecule has 0 unspecified atom stereocenters. The lowest BCUT2D eigenvalue weighted by molar-refractivity contribution is -0.140. The Bertz CT molecular complexity index is 1220. The highest BCUT2D eigenvalue weighted by Gasteiger charge is 2.28. The van der Waals surface area contributed by atoms with Gasteiger partial charge in [-0.15, -0.1) is 0 Å². The highest BCUT2D eigenvalue weighted by molar-refractivity contribution is 6.00. The molecule has 1 atom stereocenters. The molecule has 11 nitrogen and oxygen atoms in total. The van der Waals surface area contributed by atoms with Crippen LogP contribution in [0.25, 0.3) is 0 Å². The monoisotopic (exact) mass is 538 g/mol. The smallest absolute Gasteiger partial charge is 0.255 e. The molecule has 2 aromatic carbocycles. The standard InChI is InChI=1S/C28H34N4O7/c1-3-32-12-13-37-22-7-5-4-6-20(22)27(35)30-21(17-25(33)31(2)18-26(32)34)28(36)29-11-10-19-8-9-23-24(16-19)39-15-14-38-23/h4-9,16,21H,3,10-15,17-18H2,1-2H3,(H,29,36)(H,30,35)/t21-/m0/s1. The third-order valence-corrected chi connectivity index (χ3v) is 6.60. The Labute approximate surface area is 227 Å². The number of fused-ring (bicyclic) bond motifs is 2. The summed E-state index contributed by atoms with van der Waals surface area (Å²) in [7, 11) is 1.50. The number of hydrogen-bond acceptors (Lipinski definition) is 7. The van der Waals surface area contributed by atoms with Crippen LogP contribution in [0.3, 0.4) is 0 Å². The van der Waals surface area contributed by atoms with E-state index in [4.69, 9.17) is 14.2 Å². The van der Waals surface area contributed by atoms with E-state index in [-0.39, 0.29) is 37.6 Å². The van der Waals surface area contributed by atoms with Crippen LogP contribution in [0.5, 0.6) is 17.2 Å². The van der Waals surface area contributed by atoms with Crippen molar-refractivity contribution < 1.29 is 33.4 Å². The third kappa shape index (κ3) is 7.18. The zero-order valence-electron chi connectivity index (χ0n) is 22.2. The molecule has 4 rings (SSSR count). The molecule has 2 aliphatic rings. The molecule has 0 aromatic heterocycles. The number of nitrogens with one attached hydrogen (secondary N) is 2. The second-order valence-corrected chi connectivity index (χ2v) is 9.32. The van der Waals surface area contributed by atoms with Crippen molar-refractivity contribution in [2.24, 2.45) is 0 Å². The molecule has 208 valence electrons.